The molecule has 1 aliphatic rings. The first-order valence-electron chi connectivity index (χ1n) is 8.19. The molecule has 1 aromatic carbocycles. The molecule has 6 nitrogen and oxygen atoms in total. The topological polar surface area (TPSA) is 67.4 Å². The molecule has 2 aromatic rings. The first-order chi connectivity index (χ1) is 11.6. The normalized spacial score (nSPS) is 17.4. The highest BCUT2D eigenvalue weighted by molar-refractivity contribution is 5.89. The van der Waals surface area contributed by atoms with Crippen molar-refractivity contribution in [2.24, 2.45) is 0 Å². The minimum atomic E-state index is -0.0903. The van der Waals surface area contributed by atoms with Crippen LogP contribution in [0.25, 0.3) is 0 Å². The van der Waals surface area contributed by atoms with Crippen LogP contribution in [-0.4, -0.2) is 40.3 Å². The molecule has 1 N–H and O–H groups in total. The van der Waals surface area contributed by atoms with Gasteiger partial charge in [-0.05, 0) is 56.0 Å². The minimum Gasteiger partial charge on any atom is -0.471 e. The second-order valence-electron chi connectivity index (χ2n) is 6.20. The van der Waals surface area contributed by atoms with Gasteiger partial charge in [0, 0.05) is 24.5 Å². The van der Waals surface area contributed by atoms with Crippen molar-refractivity contribution in [1.82, 2.24) is 15.1 Å². The van der Waals surface area contributed by atoms with Crippen molar-refractivity contribution in [2.45, 2.75) is 32.8 Å². The second kappa shape index (κ2) is 7.29. The Morgan fingerprint density at radius 1 is 1.29 bits per heavy atom. The number of aryl methyl sites for hydroxylation is 2. The smallest absolute Gasteiger partial charge is 0.321 e. The summed E-state index contributed by atoms with van der Waals surface area (Å²) in [6.07, 6.45) is 3.37. The van der Waals surface area contributed by atoms with E-state index in [4.69, 9.17) is 4.74 Å². The average Bonchev–Trinajstić information content (AvgIpc) is 2.55. The molecule has 1 unspecified atom stereocenters. The zero-order chi connectivity index (χ0) is 16.9. The van der Waals surface area contributed by atoms with E-state index >= 15 is 0 Å². The number of ether oxygens (including phenoxy) is 1. The zero-order valence-corrected chi connectivity index (χ0v) is 14.0. The van der Waals surface area contributed by atoms with E-state index in [0.717, 1.165) is 36.2 Å². The molecule has 1 fully saturated rings. The predicted molar refractivity (Wildman–Crippen MR) is 92.2 cm³/mol. The third-order valence-electron chi connectivity index (χ3n) is 3.97. The summed E-state index contributed by atoms with van der Waals surface area (Å²) in [6.45, 7) is 5.33. The number of amides is 2. The molecule has 0 aliphatic carbocycles. The van der Waals surface area contributed by atoms with Gasteiger partial charge in [-0.15, -0.1) is 5.10 Å². The van der Waals surface area contributed by atoms with Gasteiger partial charge in [-0.2, -0.15) is 5.10 Å². The Labute approximate surface area is 141 Å². The Kier molecular flexibility index (Phi) is 4.93. The number of hydrogen-bond acceptors (Lipinski definition) is 4. The molecule has 3 rings (SSSR count). The van der Waals surface area contributed by atoms with E-state index < -0.39 is 0 Å². The fourth-order valence-electron chi connectivity index (χ4n) is 2.99. The van der Waals surface area contributed by atoms with Gasteiger partial charge in [0.1, 0.15) is 6.10 Å². The van der Waals surface area contributed by atoms with Crippen molar-refractivity contribution in [3.8, 4) is 5.88 Å². The Morgan fingerprint density at radius 2 is 2.08 bits per heavy atom. The maximum atomic E-state index is 12.5. The molecule has 6 heteroatoms. The van der Waals surface area contributed by atoms with Crippen LogP contribution in [-0.2, 0) is 0 Å². The van der Waals surface area contributed by atoms with Crippen LogP contribution in [0.15, 0.2) is 36.5 Å². The Bertz CT molecular complexity index is 685. The quantitative estimate of drug-likeness (QED) is 0.941. The first kappa shape index (κ1) is 16.2. The summed E-state index contributed by atoms with van der Waals surface area (Å²) in [5, 5.41) is 10.7. The van der Waals surface area contributed by atoms with Gasteiger partial charge in [0.25, 0.3) is 0 Å². The zero-order valence-electron chi connectivity index (χ0n) is 14.0. The minimum absolute atomic E-state index is 0.0551. The molecule has 0 bridgehead atoms. The highest BCUT2D eigenvalue weighted by atomic mass is 16.5. The number of rotatable bonds is 3. The highest BCUT2D eigenvalue weighted by Crippen LogP contribution is 2.18. The Balaban J connectivity index is 1.60. The van der Waals surface area contributed by atoms with Gasteiger partial charge in [0.15, 0.2) is 0 Å². The van der Waals surface area contributed by atoms with Crippen LogP contribution in [0.4, 0.5) is 10.5 Å². The molecule has 0 saturated carbocycles. The van der Waals surface area contributed by atoms with Crippen LogP contribution in [0.3, 0.4) is 0 Å². The van der Waals surface area contributed by atoms with Crippen molar-refractivity contribution in [2.75, 3.05) is 18.4 Å². The maximum Gasteiger partial charge on any atom is 0.321 e. The summed E-state index contributed by atoms with van der Waals surface area (Å²) in [4.78, 5) is 14.3. The van der Waals surface area contributed by atoms with Gasteiger partial charge in [-0.1, -0.05) is 6.07 Å². The third kappa shape index (κ3) is 4.22. The molecular weight excluding hydrogens is 304 g/mol. The fourth-order valence-corrected chi connectivity index (χ4v) is 2.99. The largest absolute Gasteiger partial charge is 0.471 e. The molecular formula is C18H22N4O2. The molecule has 2 heterocycles. The van der Waals surface area contributed by atoms with Gasteiger partial charge < -0.3 is 15.0 Å². The molecule has 126 valence electrons. The molecule has 1 saturated heterocycles. The van der Waals surface area contributed by atoms with Crippen LogP contribution in [0, 0.1) is 13.8 Å². The van der Waals surface area contributed by atoms with E-state index in [9.17, 15) is 4.79 Å². The molecule has 1 aromatic heterocycles. The number of benzene rings is 1. The van der Waals surface area contributed by atoms with Crippen LogP contribution in [0.5, 0.6) is 5.88 Å². The number of urea groups is 1. The van der Waals surface area contributed by atoms with E-state index in [-0.39, 0.29) is 12.1 Å². The van der Waals surface area contributed by atoms with E-state index in [1.165, 1.54) is 0 Å². The lowest BCUT2D eigenvalue weighted by Gasteiger charge is -2.32. The summed E-state index contributed by atoms with van der Waals surface area (Å²) in [6, 6.07) is 9.51. The number of nitrogens with one attached hydrogen (secondary N) is 1. The van der Waals surface area contributed by atoms with Crippen LogP contribution in [0.1, 0.15) is 24.0 Å². The molecule has 2 amide bonds. The van der Waals surface area contributed by atoms with E-state index in [1.807, 2.05) is 26.0 Å². The van der Waals surface area contributed by atoms with E-state index in [1.54, 1.807) is 23.2 Å². The predicted octanol–water partition coefficient (Wildman–Crippen LogP) is 3.17. The van der Waals surface area contributed by atoms with Gasteiger partial charge in [0.2, 0.25) is 5.88 Å². The second-order valence-corrected chi connectivity index (χ2v) is 6.20. The number of anilines is 1. The highest BCUT2D eigenvalue weighted by Gasteiger charge is 2.25. The van der Waals surface area contributed by atoms with E-state index in [2.05, 4.69) is 21.6 Å². The first-order valence-corrected chi connectivity index (χ1v) is 8.19. The van der Waals surface area contributed by atoms with Crippen LogP contribution < -0.4 is 10.1 Å². The monoisotopic (exact) mass is 326 g/mol. The number of likely N-dealkylation sites (tertiary alicyclic amines) is 1. The van der Waals surface area contributed by atoms with Gasteiger partial charge in [0.05, 0.1) is 6.54 Å². The van der Waals surface area contributed by atoms with Crippen LogP contribution >= 0.6 is 0 Å². The summed E-state index contributed by atoms with van der Waals surface area (Å²) < 4.78 is 5.83. The van der Waals surface area contributed by atoms with Crippen molar-refractivity contribution in [3.63, 3.8) is 0 Å². The number of carbonyl (C=O) groups is 1. The number of nitrogens with zero attached hydrogens (tertiary/aromatic N) is 3. The summed E-state index contributed by atoms with van der Waals surface area (Å²) >= 11 is 0. The lowest BCUT2D eigenvalue weighted by Crippen LogP contribution is -2.46. The average molecular weight is 326 g/mol. The molecule has 0 radical (unpaired) electrons. The Hall–Kier alpha value is -2.63. The van der Waals surface area contributed by atoms with Crippen molar-refractivity contribution in [1.29, 1.82) is 0 Å². The number of aromatic nitrogens is 2. The molecule has 24 heavy (non-hydrogen) atoms. The number of carbonyl (C=O) groups excluding carboxylic acids is 1. The molecule has 0 spiro atoms. The van der Waals surface area contributed by atoms with Gasteiger partial charge in [-0.25, -0.2) is 4.79 Å². The lowest BCUT2D eigenvalue weighted by atomic mass is 10.1. The Morgan fingerprint density at radius 3 is 2.79 bits per heavy atom. The SMILES string of the molecule is Cc1cc(C)cc(NC(=O)N2CCCC(Oc3cccnn3)C2)c1. The summed E-state index contributed by atoms with van der Waals surface area (Å²) in [7, 11) is 0. The van der Waals surface area contributed by atoms with Crippen molar-refractivity contribution in [3.05, 3.63) is 47.7 Å². The maximum absolute atomic E-state index is 12.5. The fraction of sp³-hybridized carbons (Fsp3) is 0.389. The van der Waals surface area contributed by atoms with Gasteiger partial charge in [-0.3, -0.25) is 0 Å². The summed E-state index contributed by atoms with van der Waals surface area (Å²) in [5.74, 6) is 0.499. The lowest BCUT2D eigenvalue weighted by molar-refractivity contribution is 0.102. The van der Waals surface area contributed by atoms with Crippen molar-refractivity contribution >= 4 is 11.7 Å². The number of hydrogen-bond donors (Lipinski definition) is 1. The van der Waals surface area contributed by atoms with Crippen molar-refractivity contribution < 1.29 is 9.53 Å². The van der Waals surface area contributed by atoms with E-state index in [0.29, 0.717) is 12.4 Å². The summed E-state index contributed by atoms with van der Waals surface area (Å²) in [5.41, 5.74) is 3.09. The number of piperidine rings is 1. The van der Waals surface area contributed by atoms with Crippen LogP contribution in [0.2, 0.25) is 0 Å². The molecule has 1 aliphatic heterocycles. The third-order valence-corrected chi connectivity index (χ3v) is 3.97. The van der Waals surface area contributed by atoms with Gasteiger partial charge >= 0.3 is 6.03 Å². The molecule has 1 atom stereocenters. The standard InChI is InChI=1S/C18H22N4O2/c1-13-9-14(2)11-15(10-13)20-18(23)22-8-4-5-16(12-22)24-17-6-3-7-19-21-17/h3,6-7,9-11,16H,4-5,8,12H2,1-2H3,(H,20,23).